The van der Waals surface area contributed by atoms with Gasteiger partial charge in [0.25, 0.3) is 5.91 Å². The SMILES string of the molecule is COc1ccc(-c2ocnc2C(=O)N2CCC[C@H]3OCC[C@H]32)cc1. The van der Waals surface area contributed by atoms with Crippen molar-refractivity contribution in [2.45, 2.75) is 31.4 Å². The highest BCUT2D eigenvalue weighted by Gasteiger charge is 2.40. The van der Waals surface area contributed by atoms with Crippen LogP contribution in [0.25, 0.3) is 11.3 Å². The lowest BCUT2D eigenvalue weighted by Crippen LogP contribution is -2.49. The van der Waals surface area contributed by atoms with Crippen molar-refractivity contribution in [2.24, 2.45) is 0 Å². The van der Waals surface area contributed by atoms with Crippen molar-refractivity contribution in [1.29, 1.82) is 0 Å². The Morgan fingerprint density at radius 3 is 2.92 bits per heavy atom. The van der Waals surface area contributed by atoms with Crippen LogP contribution in [0.2, 0.25) is 0 Å². The van der Waals surface area contributed by atoms with Crippen LogP contribution >= 0.6 is 0 Å². The lowest BCUT2D eigenvalue weighted by Gasteiger charge is -2.36. The topological polar surface area (TPSA) is 64.8 Å². The Hall–Kier alpha value is -2.34. The number of carbonyl (C=O) groups is 1. The fourth-order valence-corrected chi connectivity index (χ4v) is 3.63. The maximum Gasteiger partial charge on any atom is 0.276 e. The zero-order chi connectivity index (χ0) is 16.5. The number of benzene rings is 1. The molecule has 6 heteroatoms. The van der Waals surface area contributed by atoms with Crippen LogP contribution in [0, 0.1) is 0 Å². The third kappa shape index (κ3) is 2.57. The molecule has 2 fully saturated rings. The van der Waals surface area contributed by atoms with E-state index in [1.54, 1.807) is 7.11 Å². The van der Waals surface area contributed by atoms with Gasteiger partial charge in [0.15, 0.2) is 17.8 Å². The first kappa shape index (κ1) is 15.2. The molecule has 0 radical (unpaired) electrons. The summed E-state index contributed by atoms with van der Waals surface area (Å²) in [5, 5.41) is 0. The first-order chi connectivity index (χ1) is 11.8. The Balaban J connectivity index is 1.62. The normalized spacial score (nSPS) is 23.1. The minimum atomic E-state index is -0.0743. The maximum absolute atomic E-state index is 13.0. The van der Waals surface area contributed by atoms with Gasteiger partial charge in [-0.05, 0) is 43.5 Å². The average Bonchev–Trinajstić information content (AvgIpc) is 3.30. The summed E-state index contributed by atoms with van der Waals surface area (Å²) in [6.45, 7) is 1.47. The van der Waals surface area contributed by atoms with Gasteiger partial charge in [0.05, 0.1) is 19.3 Å². The van der Waals surface area contributed by atoms with Gasteiger partial charge in [0, 0.05) is 18.7 Å². The van der Waals surface area contributed by atoms with E-state index in [1.807, 2.05) is 29.2 Å². The molecule has 3 heterocycles. The molecule has 1 amide bonds. The van der Waals surface area contributed by atoms with E-state index in [4.69, 9.17) is 13.9 Å². The largest absolute Gasteiger partial charge is 0.497 e. The van der Waals surface area contributed by atoms with Crippen molar-refractivity contribution in [3.63, 3.8) is 0 Å². The van der Waals surface area contributed by atoms with E-state index in [-0.39, 0.29) is 18.1 Å². The first-order valence-corrected chi connectivity index (χ1v) is 8.28. The van der Waals surface area contributed by atoms with Crippen molar-refractivity contribution < 1.29 is 18.7 Å². The summed E-state index contributed by atoms with van der Waals surface area (Å²) in [6, 6.07) is 7.58. The summed E-state index contributed by atoms with van der Waals surface area (Å²) in [4.78, 5) is 19.1. The van der Waals surface area contributed by atoms with E-state index >= 15 is 0 Å². The van der Waals surface area contributed by atoms with Crippen LogP contribution in [0.3, 0.4) is 0 Å². The van der Waals surface area contributed by atoms with E-state index in [1.165, 1.54) is 6.39 Å². The minimum Gasteiger partial charge on any atom is -0.497 e. The van der Waals surface area contributed by atoms with Crippen LogP contribution in [-0.2, 0) is 4.74 Å². The second kappa shape index (κ2) is 6.28. The van der Waals surface area contributed by atoms with E-state index in [0.717, 1.165) is 43.7 Å². The van der Waals surface area contributed by atoms with Gasteiger partial charge in [-0.3, -0.25) is 4.79 Å². The highest BCUT2D eigenvalue weighted by atomic mass is 16.5. The molecule has 0 saturated carbocycles. The lowest BCUT2D eigenvalue weighted by molar-refractivity contribution is 0.0228. The molecule has 24 heavy (non-hydrogen) atoms. The van der Waals surface area contributed by atoms with E-state index in [9.17, 15) is 4.79 Å². The van der Waals surface area contributed by atoms with Gasteiger partial charge in [-0.25, -0.2) is 4.98 Å². The molecule has 2 saturated heterocycles. The van der Waals surface area contributed by atoms with Crippen molar-refractivity contribution in [3.8, 4) is 17.1 Å². The number of oxazole rings is 1. The Bertz CT molecular complexity index is 725. The smallest absolute Gasteiger partial charge is 0.276 e. The van der Waals surface area contributed by atoms with Crippen molar-refractivity contribution in [2.75, 3.05) is 20.3 Å². The number of ether oxygens (including phenoxy) is 2. The molecule has 126 valence electrons. The number of hydrogen-bond acceptors (Lipinski definition) is 5. The summed E-state index contributed by atoms with van der Waals surface area (Å²) < 4.78 is 16.4. The van der Waals surface area contributed by atoms with Gasteiger partial charge in [0.2, 0.25) is 0 Å². The van der Waals surface area contributed by atoms with Crippen LogP contribution < -0.4 is 4.74 Å². The highest BCUT2D eigenvalue weighted by Crippen LogP contribution is 2.32. The van der Waals surface area contributed by atoms with Gasteiger partial charge >= 0.3 is 0 Å². The molecule has 2 aromatic rings. The summed E-state index contributed by atoms with van der Waals surface area (Å²) >= 11 is 0. The average molecular weight is 328 g/mol. The third-order valence-corrected chi connectivity index (χ3v) is 4.85. The first-order valence-electron chi connectivity index (χ1n) is 8.28. The summed E-state index contributed by atoms with van der Waals surface area (Å²) in [6.07, 6.45) is 4.38. The standard InChI is InChI=1S/C18H20N2O4/c1-22-13-6-4-12(5-7-13)17-16(19-11-24-17)18(21)20-9-2-3-15-14(20)8-10-23-15/h4-7,11,14-15H,2-3,8-10H2,1H3/t14-,15-/m1/s1. The van der Waals surface area contributed by atoms with Gasteiger partial charge in [-0.1, -0.05) is 0 Å². The molecule has 2 aliphatic heterocycles. The van der Waals surface area contributed by atoms with Crippen LogP contribution in [0.4, 0.5) is 0 Å². The van der Waals surface area contributed by atoms with Crippen LogP contribution in [0.15, 0.2) is 35.1 Å². The molecule has 0 bridgehead atoms. The van der Waals surface area contributed by atoms with E-state index < -0.39 is 0 Å². The fourth-order valence-electron chi connectivity index (χ4n) is 3.63. The highest BCUT2D eigenvalue weighted by molar-refractivity contribution is 5.98. The van der Waals surface area contributed by atoms with Crippen LogP contribution in [0.1, 0.15) is 29.8 Å². The summed E-state index contributed by atoms with van der Waals surface area (Å²) in [5.41, 5.74) is 1.18. The van der Waals surface area contributed by atoms with E-state index in [0.29, 0.717) is 11.5 Å². The molecule has 1 aromatic carbocycles. The van der Waals surface area contributed by atoms with Gasteiger partial charge in [-0.2, -0.15) is 0 Å². The molecule has 1 aromatic heterocycles. The Morgan fingerprint density at radius 1 is 1.29 bits per heavy atom. The number of carbonyl (C=O) groups excluding carboxylic acids is 1. The zero-order valence-corrected chi connectivity index (χ0v) is 13.6. The minimum absolute atomic E-state index is 0.0743. The Morgan fingerprint density at radius 2 is 2.12 bits per heavy atom. The molecular weight excluding hydrogens is 308 g/mol. The predicted molar refractivity (Wildman–Crippen MR) is 86.9 cm³/mol. The molecule has 2 atom stereocenters. The van der Waals surface area contributed by atoms with E-state index in [2.05, 4.69) is 4.98 Å². The Kier molecular flexibility index (Phi) is 3.98. The number of fused-ring (bicyclic) bond motifs is 1. The number of methoxy groups -OCH3 is 1. The monoisotopic (exact) mass is 328 g/mol. The van der Waals surface area contributed by atoms with Crippen molar-refractivity contribution >= 4 is 5.91 Å². The van der Waals surface area contributed by atoms with Gasteiger partial charge < -0.3 is 18.8 Å². The van der Waals surface area contributed by atoms with Crippen LogP contribution in [-0.4, -0.2) is 48.2 Å². The Labute approximate surface area is 140 Å². The van der Waals surface area contributed by atoms with Gasteiger partial charge in [0.1, 0.15) is 5.75 Å². The third-order valence-electron chi connectivity index (χ3n) is 4.85. The number of nitrogens with zero attached hydrogens (tertiary/aromatic N) is 2. The number of hydrogen-bond donors (Lipinski definition) is 0. The second-order valence-corrected chi connectivity index (χ2v) is 6.16. The quantitative estimate of drug-likeness (QED) is 0.867. The van der Waals surface area contributed by atoms with Crippen molar-refractivity contribution in [1.82, 2.24) is 9.88 Å². The summed E-state index contributed by atoms with van der Waals surface area (Å²) in [7, 11) is 1.62. The number of aromatic nitrogens is 1. The number of rotatable bonds is 3. The maximum atomic E-state index is 13.0. The lowest BCUT2D eigenvalue weighted by atomic mass is 9.97. The predicted octanol–water partition coefficient (Wildman–Crippen LogP) is 2.74. The molecule has 4 rings (SSSR count). The van der Waals surface area contributed by atoms with Gasteiger partial charge in [-0.15, -0.1) is 0 Å². The molecule has 0 aliphatic carbocycles. The number of amides is 1. The summed E-state index contributed by atoms with van der Waals surface area (Å²) in [5.74, 6) is 1.19. The zero-order valence-electron chi connectivity index (χ0n) is 13.6. The molecule has 0 spiro atoms. The molecule has 0 unspecified atom stereocenters. The fraction of sp³-hybridized carbons (Fsp3) is 0.444. The molecule has 2 aliphatic rings. The number of likely N-dealkylation sites (tertiary alicyclic amines) is 1. The number of piperidine rings is 1. The molecule has 6 nitrogen and oxygen atoms in total. The van der Waals surface area contributed by atoms with Crippen molar-refractivity contribution in [3.05, 3.63) is 36.4 Å². The molecular formula is C18H20N2O4. The molecule has 0 N–H and O–H groups in total. The second-order valence-electron chi connectivity index (χ2n) is 6.16. The van der Waals surface area contributed by atoms with Crippen LogP contribution in [0.5, 0.6) is 5.75 Å².